The van der Waals surface area contributed by atoms with Crippen molar-refractivity contribution >= 4 is 28.7 Å². The molecule has 1 aliphatic rings. The Kier molecular flexibility index (Phi) is 8.91. The third-order valence-electron chi connectivity index (χ3n) is 4.83. The van der Waals surface area contributed by atoms with Gasteiger partial charge in [0.25, 0.3) is 5.91 Å². The molecule has 0 saturated carbocycles. The fraction of sp³-hybridized carbons (Fsp3) is 0.545. The molecule has 1 aromatic carbocycles. The first-order chi connectivity index (χ1) is 15.4. The van der Waals surface area contributed by atoms with E-state index in [0.29, 0.717) is 25.5 Å². The van der Waals surface area contributed by atoms with Crippen molar-refractivity contribution in [2.75, 3.05) is 19.8 Å². The standard InChI is InChI=1S/C20H30N4O3.C2H2O4/c1-13(2)24-17-8-6-5-7-16(17)18(23-24)19(25)22-14-9-15(21-10-14)11-27-12-20(3,4)26;3-1(4)2(5)6/h5-8,13-15,21,26H,9-12H2,1-4H3,(H,22,25);(H,3,4)(H,5,6)/t14-,15-;/m0./s1. The van der Waals surface area contributed by atoms with Crippen molar-refractivity contribution < 1.29 is 34.4 Å². The van der Waals surface area contributed by atoms with Crippen LogP contribution in [0.5, 0.6) is 0 Å². The van der Waals surface area contributed by atoms with Gasteiger partial charge in [0, 0.05) is 30.1 Å². The van der Waals surface area contributed by atoms with E-state index < -0.39 is 17.5 Å². The highest BCUT2D eigenvalue weighted by atomic mass is 16.5. The number of nitrogens with zero attached hydrogens (tertiary/aromatic N) is 2. The SMILES string of the molecule is CC(C)n1nc(C(=O)N[C@@H]2CN[C@H](COCC(C)(C)O)C2)c2ccccc21.O=C(O)C(=O)O. The number of aromatic nitrogens is 2. The van der Waals surface area contributed by atoms with Crippen LogP contribution in [0.25, 0.3) is 10.9 Å². The molecule has 0 spiro atoms. The van der Waals surface area contributed by atoms with Gasteiger partial charge >= 0.3 is 11.9 Å². The maximum Gasteiger partial charge on any atom is 0.414 e. The average Bonchev–Trinajstić information content (AvgIpc) is 3.32. The zero-order chi connectivity index (χ0) is 24.8. The van der Waals surface area contributed by atoms with Gasteiger partial charge in [-0.25, -0.2) is 9.59 Å². The molecule has 11 heteroatoms. The maximum atomic E-state index is 12.8. The number of carboxylic acids is 2. The summed E-state index contributed by atoms with van der Waals surface area (Å²) in [6.45, 7) is 9.06. The maximum absolute atomic E-state index is 12.8. The first-order valence-electron chi connectivity index (χ1n) is 10.7. The van der Waals surface area contributed by atoms with E-state index in [2.05, 4.69) is 29.6 Å². The number of aliphatic hydroxyl groups is 1. The highest BCUT2D eigenvalue weighted by Gasteiger charge is 2.28. The summed E-state index contributed by atoms with van der Waals surface area (Å²) in [5.74, 6) is -3.79. The summed E-state index contributed by atoms with van der Waals surface area (Å²) >= 11 is 0. The number of aliphatic carboxylic acids is 2. The van der Waals surface area contributed by atoms with Crippen molar-refractivity contribution in [3.05, 3.63) is 30.0 Å². The number of para-hydroxylation sites is 1. The minimum Gasteiger partial charge on any atom is -0.473 e. The molecule has 1 saturated heterocycles. The zero-order valence-electron chi connectivity index (χ0n) is 19.2. The van der Waals surface area contributed by atoms with Crippen molar-refractivity contribution in [3.63, 3.8) is 0 Å². The van der Waals surface area contributed by atoms with Crippen molar-refractivity contribution in [2.24, 2.45) is 0 Å². The van der Waals surface area contributed by atoms with Crippen molar-refractivity contribution in [2.45, 2.75) is 57.8 Å². The summed E-state index contributed by atoms with van der Waals surface area (Å²) < 4.78 is 7.46. The molecular formula is C22H32N4O7. The molecule has 2 aromatic rings. The number of hydrogen-bond donors (Lipinski definition) is 5. The van der Waals surface area contributed by atoms with Gasteiger partial charge in [-0.15, -0.1) is 0 Å². The lowest BCUT2D eigenvalue weighted by atomic mass is 10.1. The molecule has 2 atom stereocenters. The van der Waals surface area contributed by atoms with Crippen LogP contribution in [0.1, 0.15) is 50.6 Å². The summed E-state index contributed by atoms with van der Waals surface area (Å²) in [7, 11) is 0. The number of fused-ring (bicyclic) bond motifs is 1. The van der Waals surface area contributed by atoms with E-state index in [-0.39, 0.29) is 24.0 Å². The van der Waals surface area contributed by atoms with Crippen molar-refractivity contribution in [1.29, 1.82) is 0 Å². The summed E-state index contributed by atoms with van der Waals surface area (Å²) in [6, 6.07) is 8.21. The molecule has 2 heterocycles. The van der Waals surface area contributed by atoms with Crippen LogP contribution in [-0.2, 0) is 14.3 Å². The van der Waals surface area contributed by atoms with Gasteiger partial charge in [-0.2, -0.15) is 5.10 Å². The van der Waals surface area contributed by atoms with Gasteiger partial charge in [-0.05, 0) is 40.2 Å². The lowest BCUT2D eigenvalue weighted by Gasteiger charge is -2.19. The summed E-state index contributed by atoms with van der Waals surface area (Å²) in [6.07, 6.45) is 0.792. The Morgan fingerprint density at radius 1 is 1.24 bits per heavy atom. The van der Waals surface area contributed by atoms with Gasteiger partial charge in [0.15, 0.2) is 5.69 Å². The summed E-state index contributed by atoms with van der Waals surface area (Å²) in [5.41, 5.74) is 0.615. The van der Waals surface area contributed by atoms with E-state index in [1.165, 1.54) is 0 Å². The number of carbonyl (C=O) groups excluding carboxylic acids is 1. The largest absolute Gasteiger partial charge is 0.473 e. The number of carboxylic acid groups (broad SMARTS) is 2. The second-order valence-corrected chi connectivity index (χ2v) is 8.85. The predicted octanol–water partition coefficient (Wildman–Crippen LogP) is 1.02. The van der Waals surface area contributed by atoms with Crippen LogP contribution in [0.2, 0.25) is 0 Å². The highest BCUT2D eigenvalue weighted by Crippen LogP contribution is 2.22. The van der Waals surface area contributed by atoms with Crippen LogP contribution in [0.3, 0.4) is 0 Å². The topological polar surface area (TPSA) is 163 Å². The Balaban J connectivity index is 0.000000569. The molecule has 1 aliphatic heterocycles. The minimum absolute atomic E-state index is 0.0381. The van der Waals surface area contributed by atoms with Gasteiger partial charge in [0.2, 0.25) is 0 Å². The van der Waals surface area contributed by atoms with Crippen LogP contribution in [0.15, 0.2) is 24.3 Å². The third kappa shape index (κ3) is 7.81. The van der Waals surface area contributed by atoms with Gasteiger partial charge < -0.3 is 30.7 Å². The fourth-order valence-electron chi connectivity index (χ4n) is 3.41. The van der Waals surface area contributed by atoms with E-state index in [0.717, 1.165) is 17.3 Å². The molecule has 182 valence electrons. The van der Waals surface area contributed by atoms with Gasteiger partial charge in [-0.3, -0.25) is 9.48 Å². The minimum atomic E-state index is -1.82. The first-order valence-corrected chi connectivity index (χ1v) is 10.7. The number of amides is 1. The molecule has 1 aromatic heterocycles. The van der Waals surface area contributed by atoms with Crippen LogP contribution in [0, 0.1) is 0 Å². The molecule has 3 rings (SSSR count). The molecule has 0 aliphatic carbocycles. The number of rotatable bonds is 7. The van der Waals surface area contributed by atoms with E-state index in [1.807, 2.05) is 28.9 Å². The van der Waals surface area contributed by atoms with Gasteiger partial charge in [0.05, 0.1) is 24.3 Å². The van der Waals surface area contributed by atoms with Crippen LogP contribution < -0.4 is 10.6 Å². The average molecular weight is 465 g/mol. The fourth-order valence-corrected chi connectivity index (χ4v) is 3.41. The molecule has 0 radical (unpaired) electrons. The van der Waals surface area contributed by atoms with Crippen LogP contribution in [-0.4, -0.2) is 80.4 Å². The molecule has 1 amide bonds. The molecule has 5 N–H and O–H groups in total. The van der Waals surface area contributed by atoms with E-state index in [4.69, 9.17) is 24.5 Å². The third-order valence-corrected chi connectivity index (χ3v) is 4.83. The highest BCUT2D eigenvalue weighted by molar-refractivity contribution is 6.27. The Hall–Kier alpha value is -3.02. The zero-order valence-corrected chi connectivity index (χ0v) is 19.2. The molecule has 0 unspecified atom stereocenters. The molecule has 33 heavy (non-hydrogen) atoms. The number of nitrogens with one attached hydrogen (secondary N) is 2. The summed E-state index contributed by atoms with van der Waals surface area (Å²) in [4.78, 5) is 31.0. The molecule has 11 nitrogen and oxygen atoms in total. The van der Waals surface area contributed by atoms with Crippen LogP contribution in [0.4, 0.5) is 0 Å². The Morgan fingerprint density at radius 3 is 2.45 bits per heavy atom. The molecular weight excluding hydrogens is 432 g/mol. The Labute approximate surface area is 191 Å². The number of carbonyl (C=O) groups is 3. The smallest absolute Gasteiger partial charge is 0.414 e. The molecule has 1 fully saturated rings. The summed E-state index contributed by atoms with van der Waals surface area (Å²) in [5, 5.41) is 36.4. The number of benzene rings is 1. The lowest BCUT2D eigenvalue weighted by molar-refractivity contribution is -0.159. The number of hydrogen-bond acceptors (Lipinski definition) is 7. The molecule has 0 bridgehead atoms. The quantitative estimate of drug-likeness (QED) is 0.376. The van der Waals surface area contributed by atoms with Crippen molar-refractivity contribution in [1.82, 2.24) is 20.4 Å². The van der Waals surface area contributed by atoms with Crippen molar-refractivity contribution in [3.8, 4) is 0 Å². The normalized spacial score (nSPS) is 18.1. The lowest BCUT2D eigenvalue weighted by Crippen LogP contribution is -2.36. The Morgan fingerprint density at radius 2 is 1.88 bits per heavy atom. The second-order valence-electron chi connectivity index (χ2n) is 8.85. The predicted molar refractivity (Wildman–Crippen MR) is 120 cm³/mol. The van der Waals surface area contributed by atoms with Gasteiger partial charge in [0.1, 0.15) is 0 Å². The van der Waals surface area contributed by atoms with E-state index in [9.17, 15) is 9.90 Å². The van der Waals surface area contributed by atoms with Crippen LogP contribution >= 0.6 is 0 Å². The Bertz CT molecular complexity index is 969. The van der Waals surface area contributed by atoms with E-state index in [1.54, 1.807) is 13.8 Å². The number of ether oxygens (including phenoxy) is 1. The second kappa shape index (κ2) is 11.2. The monoisotopic (exact) mass is 464 g/mol. The van der Waals surface area contributed by atoms with Gasteiger partial charge in [-0.1, -0.05) is 18.2 Å². The first kappa shape index (κ1) is 26.2. The van der Waals surface area contributed by atoms with E-state index >= 15 is 0 Å².